The van der Waals surface area contributed by atoms with E-state index in [1.54, 1.807) is 7.11 Å². The number of nitrogens with one attached hydrogen (secondary N) is 1. The quantitative estimate of drug-likeness (QED) is 0.836. The summed E-state index contributed by atoms with van der Waals surface area (Å²) in [5, 5.41) is 7.25. The van der Waals surface area contributed by atoms with Crippen molar-refractivity contribution in [2.45, 2.75) is 20.8 Å². The molecule has 0 fully saturated rings. The number of hydrogen-bond acceptors (Lipinski definition) is 3. The number of ether oxygens (including phenoxy) is 1. The largest absolute Gasteiger partial charge is 0.497 e. The van der Waals surface area contributed by atoms with Gasteiger partial charge < -0.3 is 4.74 Å². The maximum absolute atomic E-state index is 5.21. The van der Waals surface area contributed by atoms with Gasteiger partial charge in [-0.1, -0.05) is 12.2 Å². The lowest BCUT2D eigenvalue weighted by atomic mass is 10.00. The molecule has 18 heavy (non-hydrogen) atoms. The summed E-state index contributed by atoms with van der Waals surface area (Å²) in [6.07, 6.45) is 0. The zero-order chi connectivity index (χ0) is 13.3. The fourth-order valence-corrected chi connectivity index (χ4v) is 2.11. The highest BCUT2D eigenvalue weighted by Crippen LogP contribution is 2.28. The Morgan fingerprint density at radius 2 is 1.89 bits per heavy atom. The molecule has 0 bridgehead atoms. The number of aromatic nitrogens is 2. The minimum atomic E-state index is 0.697. The lowest BCUT2D eigenvalue weighted by molar-refractivity contribution is 0.414. The molecule has 1 N–H and O–H groups in total. The normalized spacial score (nSPS) is 10.4. The maximum Gasteiger partial charge on any atom is 0.122 e. The standard InChI is InChI=1S/C14H16N2OS/c1-8-7-11(17-4)5-6-12(8)13-9(2)10(3)14(18)16-15-13/h5-7H,1-4H3,(H,16,18). The van der Waals surface area contributed by atoms with Crippen LogP contribution in [-0.4, -0.2) is 17.3 Å². The third kappa shape index (κ3) is 2.16. The fourth-order valence-electron chi connectivity index (χ4n) is 1.91. The number of hydrogen-bond donors (Lipinski definition) is 1. The second-order valence-electron chi connectivity index (χ2n) is 4.33. The molecule has 1 aromatic heterocycles. The summed E-state index contributed by atoms with van der Waals surface area (Å²) in [5.41, 5.74) is 5.37. The van der Waals surface area contributed by atoms with Crippen LogP contribution in [0.4, 0.5) is 0 Å². The number of nitrogens with zero attached hydrogens (tertiary/aromatic N) is 1. The van der Waals surface area contributed by atoms with E-state index < -0.39 is 0 Å². The summed E-state index contributed by atoms with van der Waals surface area (Å²) in [7, 11) is 1.67. The molecule has 0 aliphatic heterocycles. The molecule has 0 aliphatic rings. The molecular formula is C14H16N2OS. The van der Waals surface area contributed by atoms with E-state index in [4.69, 9.17) is 17.0 Å². The molecule has 0 unspecified atom stereocenters. The van der Waals surface area contributed by atoms with Gasteiger partial charge in [-0.3, -0.25) is 5.10 Å². The number of H-pyrrole nitrogens is 1. The van der Waals surface area contributed by atoms with Crippen molar-refractivity contribution < 1.29 is 4.74 Å². The molecule has 0 atom stereocenters. The van der Waals surface area contributed by atoms with Gasteiger partial charge >= 0.3 is 0 Å². The van der Waals surface area contributed by atoms with E-state index in [1.165, 1.54) is 0 Å². The van der Waals surface area contributed by atoms with E-state index in [2.05, 4.69) is 17.1 Å². The monoisotopic (exact) mass is 260 g/mol. The van der Waals surface area contributed by atoms with E-state index in [0.717, 1.165) is 33.7 Å². The lowest BCUT2D eigenvalue weighted by Gasteiger charge is -2.11. The van der Waals surface area contributed by atoms with E-state index in [9.17, 15) is 0 Å². The summed E-state index contributed by atoms with van der Waals surface area (Å²) < 4.78 is 5.91. The molecule has 3 nitrogen and oxygen atoms in total. The first-order valence-electron chi connectivity index (χ1n) is 5.75. The van der Waals surface area contributed by atoms with Crippen LogP contribution in [0.15, 0.2) is 18.2 Å². The molecule has 0 amide bonds. The molecule has 0 radical (unpaired) electrons. The van der Waals surface area contributed by atoms with E-state index in [-0.39, 0.29) is 0 Å². The van der Waals surface area contributed by atoms with Crippen LogP contribution < -0.4 is 4.74 Å². The van der Waals surface area contributed by atoms with Crippen LogP contribution in [0.1, 0.15) is 16.7 Å². The highest BCUT2D eigenvalue weighted by Gasteiger charge is 2.10. The molecule has 2 aromatic rings. The molecule has 4 heteroatoms. The van der Waals surface area contributed by atoms with Crippen molar-refractivity contribution in [2.24, 2.45) is 0 Å². The second kappa shape index (κ2) is 4.90. The molecule has 0 saturated heterocycles. The summed E-state index contributed by atoms with van der Waals surface area (Å²) in [5.74, 6) is 0.856. The predicted molar refractivity (Wildman–Crippen MR) is 75.6 cm³/mol. The van der Waals surface area contributed by atoms with Gasteiger partial charge in [0.15, 0.2) is 0 Å². The Labute approximate surface area is 112 Å². The number of aromatic amines is 1. The second-order valence-corrected chi connectivity index (χ2v) is 4.74. The van der Waals surface area contributed by atoms with Crippen molar-refractivity contribution in [3.8, 4) is 17.0 Å². The average molecular weight is 260 g/mol. The van der Waals surface area contributed by atoms with Crippen molar-refractivity contribution in [2.75, 3.05) is 7.11 Å². The van der Waals surface area contributed by atoms with E-state index in [0.29, 0.717) is 4.64 Å². The molecule has 0 aliphatic carbocycles. The Kier molecular flexibility index (Phi) is 3.48. The minimum Gasteiger partial charge on any atom is -0.497 e. The average Bonchev–Trinajstić information content (AvgIpc) is 2.37. The SMILES string of the molecule is COc1ccc(-c2n[nH]c(=S)c(C)c2C)c(C)c1. The van der Waals surface area contributed by atoms with Crippen molar-refractivity contribution in [3.05, 3.63) is 39.5 Å². The summed E-state index contributed by atoms with van der Waals surface area (Å²) >= 11 is 5.18. The molecule has 0 saturated carbocycles. The minimum absolute atomic E-state index is 0.697. The van der Waals surface area contributed by atoms with Crippen LogP contribution in [0.5, 0.6) is 5.75 Å². The van der Waals surface area contributed by atoms with Crippen LogP contribution in [0.25, 0.3) is 11.3 Å². The van der Waals surface area contributed by atoms with Crippen molar-refractivity contribution in [3.63, 3.8) is 0 Å². The van der Waals surface area contributed by atoms with Gasteiger partial charge in [-0.05, 0) is 55.7 Å². The Balaban J connectivity index is 2.63. The zero-order valence-corrected chi connectivity index (χ0v) is 11.8. The van der Waals surface area contributed by atoms with Crippen LogP contribution in [0.3, 0.4) is 0 Å². The lowest BCUT2D eigenvalue weighted by Crippen LogP contribution is -1.98. The van der Waals surface area contributed by atoms with Gasteiger partial charge in [0.05, 0.1) is 12.8 Å². The molecule has 1 aromatic carbocycles. The Bertz CT molecular complexity index is 647. The molecule has 2 rings (SSSR count). The van der Waals surface area contributed by atoms with Gasteiger partial charge in [-0.2, -0.15) is 5.10 Å². The fraction of sp³-hybridized carbons (Fsp3) is 0.286. The van der Waals surface area contributed by atoms with Gasteiger partial charge in [-0.25, -0.2) is 0 Å². The third-order valence-electron chi connectivity index (χ3n) is 3.22. The zero-order valence-electron chi connectivity index (χ0n) is 11.0. The third-order valence-corrected chi connectivity index (χ3v) is 3.61. The van der Waals surface area contributed by atoms with Gasteiger partial charge in [0.2, 0.25) is 0 Å². The van der Waals surface area contributed by atoms with Crippen LogP contribution in [0.2, 0.25) is 0 Å². The Morgan fingerprint density at radius 3 is 2.50 bits per heavy atom. The summed E-state index contributed by atoms with van der Waals surface area (Å²) in [6.45, 7) is 6.11. The van der Waals surface area contributed by atoms with Gasteiger partial charge in [0.1, 0.15) is 10.4 Å². The summed E-state index contributed by atoms with van der Waals surface area (Å²) in [6, 6.07) is 5.98. The molecule has 1 heterocycles. The Hall–Kier alpha value is -1.68. The number of methoxy groups -OCH3 is 1. The topological polar surface area (TPSA) is 37.9 Å². The smallest absolute Gasteiger partial charge is 0.122 e. The predicted octanol–water partition coefficient (Wildman–Crippen LogP) is 3.74. The Morgan fingerprint density at radius 1 is 1.17 bits per heavy atom. The van der Waals surface area contributed by atoms with Crippen molar-refractivity contribution in [1.82, 2.24) is 10.2 Å². The maximum atomic E-state index is 5.21. The number of rotatable bonds is 2. The molecular weight excluding hydrogens is 244 g/mol. The van der Waals surface area contributed by atoms with Crippen LogP contribution >= 0.6 is 12.2 Å². The van der Waals surface area contributed by atoms with Crippen molar-refractivity contribution in [1.29, 1.82) is 0 Å². The van der Waals surface area contributed by atoms with Crippen LogP contribution in [0, 0.1) is 25.4 Å². The first-order valence-corrected chi connectivity index (χ1v) is 6.16. The van der Waals surface area contributed by atoms with E-state index in [1.807, 2.05) is 32.0 Å². The molecule has 0 spiro atoms. The van der Waals surface area contributed by atoms with Gasteiger partial charge in [0.25, 0.3) is 0 Å². The first-order chi connectivity index (χ1) is 8.54. The highest BCUT2D eigenvalue weighted by atomic mass is 32.1. The van der Waals surface area contributed by atoms with Gasteiger partial charge in [0, 0.05) is 5.56 Å². The van der Waals surface area contributed by atoms with E-state index >= 15 is 0 Å². The van der Waals surface area contributed by atoms with Gasteiger partial charge in [-0.15, -0.1) is 0 Å². The number of benzene rings is 1. The highest BCUT2D eigenvalue weighted by molar-refractivity contribution is 7.71. The van der Waals surface area contributed by atoms with Crippen molar-refractivity contribution >= 4 is 12.2 Å². The summed E-state index contributed by atoms with van der Waals surface area (Å²) in [4.78, 5) is 0. The first kappa shape index (κ1) is 12.8. The molecule has 94 valence electrons. The van der Waals surface area contributed by atoms with Crippen LogP contribution in [-0.2, 0) is 0 Å². The number of aryl methyl sites for hydroxylation is 1.